The zero-order valence-electron chi connectivity index (χ0n) is 9.33. The smallest absolute Gasteiger partial charge is 0.0719 e. The Morgan fingerprint density at radius 3 is 3.00 bits per heavy atom. The van der Waals surface area contributed by atoms with E-state index in [-0.39, 0.29) is 0 Å². The number of ether oxygens (including phenoxy) is 1. The number of benzene rings is 1. The van der Waals surface area contributed by atoms with E-state index < -0.39 is 0 Å². The van der Waals surface area contributed by atoms with E-state index in [0.717, 1.165) is 26.3 Å². The number of nitrogens with one attached hydrogen (secondary N) is 1. The fraction of sp³-hybridized carbons (Fsp3) is 0.538. The van der Waals surface area contributed by atoms with Crippen LogP contribution in [-0.4, -0.2) is 19.7 Å². The Kier molecular flexibility index (Phi) is 3.75. The van der Waals surface area contributed by atoms with E-state index in [0.29, 0.717) is 5.92 Å². The Bertz CT molecular complexity index is 305. The van der Waals surface area contributed by atoms with Crippen molar-refractivity contribution in [3.63, 3.8) is 0 Å². The monoisotopic (exact) mass is 205 g/mol. The summed E-state index contributed by atoms with van der Waals surface area (Å²) in [4.78, 5) is 0. The summed E-state index contributed by atoms with van der Waals surface area (Å²) in [7, 11) is 0. The van der Waals surface area contributed by atoms with Crippen LogP contribution in [-0.2, 0) is 11.3 Å². The van der Waals surface area contributed by atoms with Gasteiger partial charge >= 0.3 is 0 Å². The Labute approximate surface area is 91.6 Å². The summed E-state index contributed by atoms with van der Waals surface area (Å²) in [6.07, 6.45) is 1.26. The van der Waals surface area contributed by atoms with Crippen LogP contribution in [0.2, 0.25) is 0 Å². The van der Waals surface area contributed by atoms with Crippen LogP contribution >= 0.6 is 0 Å². The predicted octanol–water partition coefficient (Wildman–Crippen LogP) is 2.12. The normalized spacial score (nSPS) is 20.7. The summed E-state index contributed by atoms with van der Waals surface area (Å²) in [5.41, 5.74) is 2.63. The van der Waals surface area contributed by atoms with E-state index in [2.05, 4.69) is 36.5 Å². The van der Waals surface area contributed by atoms with Crippen LogP contribution in [0.1, 0.15) is 17.5 Å². The summed E-state index contributed by atoms with van der Waals surface area (Å²) in [5, 5.41) is 3.35. The van der Waals surface area contributed by atoms with Gasteiger partial charge in [-0.05, 0) is 36.9 Å². The highest BCUT2D eigenvalue weighted by Gasteiger charge is 2.14. The molecule has 1 heterocycles. The molecule has 1 saturated heterocycles. The van der Waals surface area contributed by atoms with Gasteiger partial charge in [-0.2, -0.15) is 0 Å². The molecule has 15 heavy (non-hydrogen) atoms. The number of hydrogen-bond donors (Lipinski definition) is 1. The van der Waals surface area contributed by atoms with Crippen molar-refractivity contribution in [3.05, 3.63) is 35.4 Å². The van der Waals surface area contributed by atoms with Crippen molar-refractivity contribution >= 4 is 0 Å². The van der Waals surface area contributed by atoms with E-state index >= 15 is 0 Å². The summed E-state index contributed by atoms with van der Waals surface area (Å²) >= 11 is 0. The van der Waals surface area contributed by atoms with Crippen LogP contribution in [0.5, 0.6) is 0 Å². The lowest BCUT2D eigenvalue weighted by molar-refractivity contribution is 0.0921. The van der Waals surface area contributed by atoms with Gasteiger partial charge in [0.1, 0.15) is 0 Å². The van der Waals surface area contributed by atoms with Crippen molar-refractivity contribution in [2.24, 2.45) is 5.92 Å². The molecular formula is C13H19NO. The molecule has 1 aromatic rings. The maximum Gasteiger partial charge on any atom is 0.0719 e. The number of hydrogen-bond acceptors (Lipinski definition) is 2. The highest BCUT2D eigenvalue weighted by molar-refractivity contribution is 5.24. The zero-order chi connectivity index (χ0) is 10.5. The van der Waals surface area contributed by atoms with E-state index in [4.69, 9.17) is 4.74 Å². The van der Waals surface area contributed by atoms with E-state index in [1.165, 1.54) is 17.5 Å². The van der Waals surface area contributed by atoms with Gasteiger partial charge < -0.3 is 10.1 Å². The zero-order valence-corrected chi connectivity index (χ0v) is 9.33. The van der Waals surface area contributed by atoms with Crippen molar-refractivity contribution in [2.45, 2.75) is 20.0 Å². The first-order chi connectivity index (χ1) is 7.36. The molecule has 1 aliphatic heterocycles. The lowest BCUT2D eigenvalue weighted by Gasteiger charge is -2.10. The molecule has 0 radical (unpaired) electrons. The predicted molar refractivity (Wildman–Crippen MR) is 61.8 cm³/mol. The molecule has 1 atom stereocenters. The van der Waals surface area contributed by atoms with Crippen molar-refractivity contribution < 1.29 is 4.74 Å². The van der Waals surface area contributed by atoms with Gasteiger partial charge in [0.05, 0.1) is 13.2 Å². The molecule has 2 rings (SSSR count). The summed E-state index contributed by atoms with van der Waals surface area (Å²) in [5.74, 6) is 0.717. The highest BCUT2D eigenvalue weighted by atomic mass is 16.5. The Morgan fingerprint density at radius 2 is 2.27 bits per heavy atom. The summed E-state index contributed by atoms with van der Waals surface area (Å²) in [6.45, 7) is 6.05. The average molecular weight is 205 g/mol. The molecular weight excluding hydrogens is 186 g/mol. The van der Waals surface area contributed by atoms with E-state index in [1.807, 2.05) is 0 Å². The molecule has 0 unspecified atom stereocenters. The molecule has 1 fully saturated rings. The molecule has 0 amide bonds. The molecule has 0 saturated carbocycles. The Morgan fingerprint density at radius 1 is 1.40 bits per heavy atom. The molecule has 1 N–H and O–H groups in total. The minimum Gasteiger partial charge on any atom is -0.376 e. The van der Waals surface area contributed by atoms with Crippen molar-refractivity contribution in [3.8, 4) is 0 Å². The SMILES string of the molecule is Cc1ccccc1COC[C@@H]1CCNC1. The molecule has 0 bridgehead atoms. The van der Waals surface area contributed by atoms with Gasteiger partial charge in [-0.3, -0.25) is 0 Å². The van der Waals surface area contributed by atoms with Crippen molar-refractivity contribution in [1.29, 1.82) is 0 Å². The maximum atomic E-state index is 5.74. The summed E-state index contributed by atoms with van der Waals surface area (Å²) < 4.78 is 5.74. The van der Waals surface area contributed by atoms with Crippen LogP contribution in [0.3, 0.4) is 0 Å². The van der Waals surface area contributed by atoms with Gasteiger partial charge in [0.25, 0.3) is 0 Å². The van der Waals surface area contributed by atoms with Gasteiger partial charge in [-0.15, -0.1) is 0 Å². The Balaban J connectivity index is 1.75. The van der Waals surface area contributed by atoms with E-state index in [1.54, 1.807) is 0 Å². The first-order valence-electron chi connectivity index (χ1n) is 5.69. The fourth-order valence-corrected chi connectivity index (χ4v) is 1.96. The first kappa shape index (κ1) is 10.7. The standard InChI is InChI=1S/C13H19NO/c1-11-4-2-3-5-13(11)10-15-9-12-6-7-14-8-12/h2-5,12,14H,6-10H2,1H3/t12-/m1/s1. The van der Waals surface area contributed by atoms with Crippen LogP contribution in [0.15, 0.2) is 24.3 Å². The second kappa shape index (κ2) is 5.29. The highest BCUT2D eigenvalue weighted by Crippen LogP contribution is 2.11. The maximum absolute atomic E-state index is 5.74. The minimum absolute atomic E-state index is 0.717. The molecule has 0 spiro atoms. The quantitative estimate of drug-likeness (QED) is 0.813. The van der Waals surface area contributed by atoms with Gasteiger partial charge in [-0.25, -0.2) is 0 Å². The molecule has 2 nitrogen and oxygen atoms in total. The van der Waals surface area contributed by atoms with Crippen molar-refractivity contribution in [1.82, 2.24) is 5.32 Å². The average Bonchev–Trinajstić information content (AvgIpc) is 2.74. The van der Waals surface area contributed by atoms with Crippen molar-refractivity contribution in [2.75, 3.05) is 19.7 Å². The van der Waals surface area contributed by atoms with E-state index in [9.17, 15) is 0 Å². The van der Waals surface area contributed by atoms with Gasteiger partial charge in [-0.1, -0.05) is 24.3 Å². The van der Waals surface area contributed by atoms with Crippen LogP contribution in [0.25, 0.3) is 0 Å². The lowest BCUT2D eigenvalue weighted by Crippen LogP contribution is -2.13. The molecule has 1 aromatic carbocycles. The molecule has 82 valence electrons. The largest absolute Gasteiger partial charge is 0.376 e. The van der Waals surface area contributed by atoms with Gasteiger partial charge in [0, 0.05) is 6.54 Å². The minimum atomic E-state index is 0.717. The first-order valence-corrected chi connectivity index (χ1v) is 5.69. The number of aryl methyl sites for hydroxylation is 1. The Hall–Kier alpha value is -0.860. The fourth-order valence-electron chi connectivity index (χ4n) is 1.96. The van der Waals surface area contributed by atoms with Crippen LogP contribution < -0.4 is 5.32 Å². The third kappa shape index (κ3) is 3.05. The molecule has 2 heteroatoms. The third-order valence-electron chi connectivity index (χ3n) is 3.03. The topological polar surface area (TPSA) is 21.3 Å². The van der Waals surface area contributed by atoms with Gasteiger partial charge in [0.2, 0.25) is 0 Å². The third-order valence-corrected chi connectivity index (χ3v) is 3.03. The van der Waals surface area contributed by atoms with Gasteiger partial charge in [0.15, 0.2) is 0 Å². The lowest BCUT2D eigenvalue weighted by atomic mass is 10.1. The summed E-state index contributed by atoms with van der Waals surface area (Å²) in [6, 6.07) is 8.42. The molecule has 0 aromatic heterocycles. The number of rotatable bonds is 4. The van der Waals surface area contributed by atoms with Crippen LogP contribution in [0, 0.1) is 12.8 Å². The van der Waals surface area contributed by atoms with Crippen LogP contribution in [0.4, 0.5) is 0 Å². The second-order valence-electron chi connectivity index (χ2n) is 4.30. The molecule has 1 aliphatic rings. The second-order valence-corrected chi connectivity index (χ2v) is 4.30. The molecule has 0 aliphatic carbocycles.